The molecule has 2 aliphatic rings. The van der Waals surface area contributed by atoms with Crippen LogP contribution in [0.5, 0.6) is 0 Å². The molecular weight excluding hydrogens is 1080 g/mol. The van der Waals surface area contributed by atoms with Crippen LogP contribution in [0.15, 0.2) is 169 Å². The topological polar surface area (TPSA) is 264 Å². The van der Waals surface area contributed by atoms with E-state index in [-0.39, 0.29) is 58.6 Å². The van der Waals surface area contributed by atoms with Gasteiger partial charge in [-0.2, -0.15) is 24.1 Å². The number of aromatic nitrogens is 13. The number of aromatic amines is 3. The van der Waals surface area contributed by atoms with Crippen molar-refractivity contribution in [1.29, 1.82) is 0 Å². The standard InChI is InChI=1S/C20H16FN5O4S.C18H12F2N4O2.C17H14F2N4O/c21-14-4-2-1-3-12(14)11-26-17(15-7-8-30-25-15)9-16(24-26)19-22-10-18(20(27)23-19)31(28,29)13-5-6-13;19-12-5-2-1-4-11(12)10-24-15(16-6-3-7-26-16)8-14(23-24)17-21-9-13(20)18(25)22-17;18-12-4-2-1-3-11(12)9-23-15(10-5-6-10)7-14(22-23)16-20-8-13(19)17(24)21-16/h1-4,7-10,13H,5-6,11H2,(H,22,23,27);1-9H,10H2,(H,21,22,25);1-4,7-8,10H,5-6,9H2,(H,20,21,24). The number of furan rings is 1. The monoisotopic (exact) mass is 1120 g/mol. The maximum atomic E-state index is 14.2. The van der Waals surface area contributed by atoms with Gasteiger partial charge in [0.25, 0.3) is 16.7 Å². The van der Waals surface area contributed by atoms with E-state index in [1.165, 1.54) is 40.1 Å². The first kappa shape index (κ1) is 53.0. The molecule has 3 N–H and O–H groups in total. The molecule has 20 nitrogen and oxygen atoms in total. The van der Waals surface area contributed by atoms with Crippen molar-refractivity contribution in [2.75, 3.05) is 0 Å². The molecule has 410 valence electrons. The van der Waals surface area contributed by atoms with Gasteiger partial charge >= 0.3 is 0 Å². The minimum absolute atomic E-state index is 0.0942. The lowest BCUT2D eigenvalue weighted by Gasteiger charge is -2.07. The van der Waals surface area contributed by atoms with E-state index in [0.29, 0.717) is 76.2 Å². The molecule has 13 rings (SSSR count). The summed E-state index contributed by atoms with van der Waals surface area (Å²) in [5.74, 6) is -1.64. The Morgan fingerprint density at radius 3 is 1.46 bits per heavy atom. The number of nitrogens with one attached hydrogen (secondary N) is 3. The fourth-order valence-corrected chi connectivity index (χ4v) is 10.1. The average molecular weight is 1120 g/mol. The predicted molar refractivity (Wildman–Crippen MR) is 280 cm³/mol. The summed E-state index contributed by atoms with van der Waals surface area (Å²) in [5.41, 5.74) is 2.48. The zero-order chi connectivity index (χ0) is 56.4. The lowest BCUT2D eigenvalue weighted by molar-refractivity contribution is 0.421. The molecule has 2 fully saturated rings. The maximum Gasteiger partial charge on any atom is 0.287 e. The molecule has 0 bridgehead atoms. The van der Waals surface area contributed by atoms with Gasteiger partial charge in [-0.25, -0.2) is 36.5 Å². The van der Waals surface area contributed by atoms with E-state index < -0.39 is 43.4 Å². The Hall–Kier alpha value is -9.98. The molecular formula is C55H42F5N13O7S. The summed E-state index contributed by atoms with van der Waals surface area (Å²) in [6.07, 6.45) is 8.87. The number of hydrogen-bond acceptors (Lipinski definition) is 14. The summed E-state index contributed by atoms with van der Waals surface area (Å²) < 4.78 is 108. The normalized spacial score (nSPS) is 13.1. The van der Waals surface area contributed by atoms with Crippen LogP contribution in [0.4, 0.5) is 22.0 Å². The zero-order valence-corrected chi connectivity index (χ0v) is 42.8. The van der Waals surface area contributed by atoms with Crippen LogP contribution in [0.25, 0.3) is 57.4 Å². The molecule has 0 radical (unpaired) electrons. The minimum Gasteiger partial charge on any atom is -0.463 e. The molecule has 0 unspecified atom stereocenters. The summed E-state index contributed by atoms with van der Waals surface area (Å²) in [4.78, 5) is 54.1. The van der Waals surface area contributed by atoms with Crippen molar-refractivity contribution in [2.45, 2.75) is 61.4 Å². The molecule has 0 aliphatic heterocycles. The Labute approximate surface area is 453 Å². The van der Waals surface area contributed by atoms with Gasteiger partial charge < -0.3 is 23.9 Å². The summed E-state index contributed by atoms with van der Waals surface area (Å²) in [7, 11) is -3.68. The van der Waals surface area contributed by atoms with Crippen molar-refractivity contribution in [3.63, 3.8) is 0 Å². The molecule has 26 heteroatoms. The number of benzene rings is 3. The first-order valence-electron chi connectivity index (χ1n) is 24.9. The van der Waals surface area contributed by atoms with Crippen LogP contribution in [-0.2, 0) is 29.5 Å². The average Bonchev–Trinajstić information content (AvgIpc) is 4.16. The SMILES string of the molecule is O=c1[nH]c(-c2cc(-c3ccco3)n(Cc3ccccc3F)n2)ncc1F.O=c1[nH]c(-c2cc(-c3ccon3)n(Cc3ccccc3F)n2)ncc1S(=O)(=O)C1CC1.O=c1[nH]c(-c2cc(C3CC3)n(Cc3ccccc3F)n2)ncc1F. The van der Waals surface area contributed by atoms with Gasteiger partial charge in [-0.1, -0.05) is 59.8 Å². The summed E-state index contributed by atoms with van der Waals surface area (Å²) in [6, 6.07) is 29.4. The summed E-state index contributed by atoms with van der Waals surface area (Å²) >= 11 is 0. The molecule has 0 amide bonds. The van der Waals surface area contributed by atoms with Crippen molar-refractivity contribution < 1.29 is 39.3 Å². The van der Waals surface area contributed by atoms with Gasteiger partial charge in [0.2, 0.25) is 11.6 Å². The molecule has 0 saturated heterocycles. The summed E-state index contributed by atoms with van der Waals surface area (Å²) in [5, 5.41) is 16.7. The molecule has 2 aliphatic carbocycles. The Morgan fingerprint density at radius 1 is 0.506 bits per heavy atom. The molecule has 3 aromatic carbocycles. The highest BCUT2D eigenvalue weighted by atomic mass is 32.2. The fourth-order valence-electron chi connectivity index (χ4n) is 8.52. The third-order valence-corrected chi connectivity index (χ3v) is 15.2. The van der Waals surface area contributed by atoms with Gasteiger partial charge in [0, 0.05) is 34.4 Å². The minimum atomic E-state index is -3.68. The molecule has 81 heavy (non-hydrogen) atoms. The Balaban J connectivity index is 0.000000129. The number of hydrogen-bond donors (Lipinski definition) is 3. The van der Waals surface area contributed by atoms with Crippen LogP contribution in [0.2, 0.25) is 0 Å². The number of H-pyrrole nitrogens is 3. The van der Waals surface area contributed by atoms with E-state index in [9.17, 15) is 44.8 Å². The van der Waals surface area contributed by atoms with Gasteiger partial charge in [-0.15, -0.1) is 0 Å². The smallest absolute Gasteiger partial charge is 0.287 e. The highest BCUT2D eigenvalue weighted by Crippen LogP contribution is 2.41. The van der Waals surface area contributed by atoms with Crippen LogP contribution in [0, 0.1) is 29.1 Å². The number of rotatable bonds is 14. The number of halogens is 5. The first-order chi connectivity index (χ1) is 39.2. The Bertz CT molecular complexity index is 4370. The van der Waals surface area contributed by atoms with Crippen LogP contribution in [-0.4, -0.2) is 78.1 Å². The van der Waals surface area contributed by atoms with Crippen molar-refractivity contribution in [2.24, 2.45) is 0 Å². The van der Waals surface area contributed by atoms with E-state index in [1.807, 2.05) is 6.07 Å². The van der Waals surface area contributed by atoms with Crippen molar-refractivity contribution in [1.82, 2.24) is 64.4 Å². The van der Waals surface area contributed by atoms with E-state index in [0.717, 1.165) is 37.1 Å². The fraction of sp³-hybridized carbons (Fsp3) is 0.164. The quantitative estimate of drug-likeness (QED) is 0.0863. The van der Waals surface area contributed by atoms with Crippen molar-refractivity contribution in [3.8, 4) is 57.4 Å². The molecule has 8 heterocycles. The highest BCUT2D eigenvalue weighted by Gasteiger charge is 2.39. The Kier molecular flexibility index (Phi) is 14.7. The van der Waals surface area contributed by atoms with Crippen LogP contribution >= 0.6 is 0 Å². The third kappa shape index (κ3) is 11.8. The van der Waals surface area contributed by atoms with Crippen molar-refractivity contribution >= 4 is 9.84 Å². The third-order valence-electron chi connectivity index (χ3n) is 13.0. The number of sulfone groups is 1. The molecule has 0 spiro atoms. The molecule has 2 saturated carbocycles. The zero-order valence-electron chi connectivity index (χ0n) is 42.0. The molecule has 11 aromatic rings. The van der Waals surface area contributed by atoms with E-state index in [4.69, 9.17) is 8.94 Å². The largest absolute Gasteiger partial charge is 0.463 e. The second-order valence-corrected chi connectivity index (χ2v) is 20.9. The lowest BCUT2D eigenvalue weighted by atomic mass is 10.2. The highest BCUT2D eigenvalue weighted by molar-refractivity contribution is 7.92. The lowest BCUT2D eigenvalue weighted by Crippen LogP contribution is -2.21. The second-order valence-electron chi connectivity index (χ2n) is 18.7. The Morgan fingerprint density at radius 2 is 0.988 bits per heavy atom. The van der Waals surface area contributed by atoms with Gasteiger partial charge in [0.15, 0.2) is 38.0 Å². The predicted octanol–water partition coefficient (Wildman–Crippen LogP) is 8.47. The summed E-state index contributed by atoms with van der Waals surface area (Å²) in [6.45, 7) is 0.547. The van der Waals surface area contributed by atoms with E-state index in [2.05, 4.69) is 50.4 Å². The van der Waals surface area contributed by atoms with Gasteiger partial charge in [-0.3, -0.25) is 28.4 Å². The molecule has 0 atom stereocenters. The van der Waals surface area contributed by atoms with Crippen LogP contribution in [0.1, 0.15) is 54.0 Å². The van der Waals surface area contributed by atoms with Crippen molar-refractivity contribution in [3.05, 3.63) is 223 Å². The van der Waals surface area contributed by atoms with Gasteiger partial charge in [-0.05, 0) is 74.2 Å². The first-order valence-corrected chi connectivity index (χ1v) is 26.4. The van der Waals surface area contributed by atoms with E-state index >= 15 is 0 Å². The maximum absolute atomic E-state index is 14.2. The number of nitrogens with zero attached hydrogens (tertiary/aromatic N) is 10. The molecule has 8 aromatic heterocycles. The van der Waals surface area contributed by atoms with Crippen LogP contribution < -0.4 is 16.7 Å². The van der Waals surface area contributed by atoms with Gasteiger partial charge in [0.1, 0.15) is 52.2 Å². The van der Waals surface area contributed by atoms with Gasteiger partial charge in [0.05, 0.1) is 55.4 Å². The second kappa shape index (κ2) is 22.4. The van der Waals surface area contributed by atoms with Crippen LogP contribution in [0.3, 0.4) is 0 Å². The van der Waals surface area contributed by atoms with E-state index in [1.54, 1.807) is 89.6 Å².